The van der Waals surface area contributed by atoms with Crippen LogP contribution in [0.25, 0.3) is 0 Å². The van der Waals surface area contributed by atoms with E-state index in [0.29, 0.717) is 32.7 Å². The predicted molar refractivity (Wildman–Crippen MR) is 80.0 cm³/mol. The number of ether oxygens (including phenoxy) is 2. The topological polar surface area (TPSA) is 84.9 Å². The van der Waals surface area contributed by atoms with Crippen molar-refractivity contribution in [2.24, 2.45) is 5.92 Å². The average molecular weight is 314 g/mol. The first-order valence-electron chi connectivity index (χ1n) is 7.66. The summed E-state index contributed by atoms with van der Waals surface area (Å²) >= 11 is 0. The molecule has 0 spiro atoms. The van der Waals surface area contributed by atoms with Crippen LogP contribution in [0.4, 0.5) is 0 Å². The molecule has 1 atom stereocenters. The molecule has 0 bridgehead atoms. The summed E-state index contributed by atoms with van der Waals surface area (Å²) < 4.78 is 9.87. The fourth-order valence-electron chi connectivity index (χ4n) is 2.29. The lowest BCUT2D eigenvalue weighted by Gasteiger charge is -2.26. The van der Waals surface area contributed by atoms with Gasteiger partial charge in [-0.25, -0.2) is 4.79 Å². The molecule has 0 aromatic heterocycles. The second kappa shape index (κ2) is 9.40. The van der Waals surface area contributed by atoms with Crippen molar-refractivity contribution in [2.75, 3.05) is 33.4 Å². The van der Waals surface area contributed by atoms with E-state index in [1.54, 1.807) is 4.90 Å². The van der Waals surface area contributed by atoms with E-state index in [2.05, 4.69) is 5.32 Å². The van der Waals surface area contributed by atoms with Crippen LogP contribution in [0.1, 0.15) is 33.1 Å². The predicted octanol–water partition coefficient (Wildman–Crippen LogP) is 0.329. The van der Waals surface area contributed by atoms with Crippen molar-refractivity contribution in [1.82, 2.24) is 10.2 Å². The summed E-state index contributed by atoms with van der Waals surface area (Å²) in [5, 5.41) is 2.65. The Hall–Kier alpha value is -1.63. The van der Waals surface area contributed by atoms with E-state index in [4.69, 9.17) is 9.47 Å². The molecule has 1 N–H and O–H groups in total. The van der Waals surface area contributed by atoms with Crippen molar-refractivity contribution in [3.8, 4) is 0 Å². The number of nitrogens with one attached hydrogen (secondary N) is 1. The Kier molecular flexibility index (Phi) is 7.87. The van der Waals surface area contributed by atoms with Gasteiger partial charge in [0.05, 0.1) is 20.3 Å². The molecule has 0 aliphatic carbocycles. The summed E-state index contributed by atoms with van der Waals surface area (Å²) in [6.45, 7) is 6.14. The number of hydrogen-bond acceptors (Lipinski definition) is 5. The number of esters is 1. The largest absolute Gasteiger partial charge is 0.467 e. The Morgan fingerprint density at radius 1 is 1.18 bits per heavy atom. The molecular weight excluding hydrogens is 288 g/mol. The van der Waals surface area contributed by atoms with Gasteiger partial charge in [0.15, 0.2) is 0 Å². The highest BCUT2D eigenvalue weighted by molar-refractivity contribution is 5.87. The third-order valence-electron chi connectivity index (χ3n) is 3.46. The van der Waals surface area contributed by atoms with Crippen molar-refractivity contribution in [3.63, 3.8) is 0 Å². The van der Waals surface area contributed by atoms with E-state index < -0.39 is 12.0 Å². The van der Waals surface area contributed by atoms with Crippen molar-refractivity contribution in [3.05, 3.63) is 0 Å². The Labute approximate surface area is 131 Å². The van der Waals surface area contributed by atoms with E-state index in [1.807, 2.05) is 13.8 Å². The molecule has 0 unspecified atom stereocenters. The molecule has 1 aliphatic heterocycles. The second-order valence-corrected chi connectivity index (χ2v) is 5.77. The molecular formula is C15H26N2O5. The molecule has 1 saturated heterocycles. The van der Waals surface area contributed by atoms with E-state index in [0.717, 1.165) is 0 Å². The van der Waals surface area contributed by atoms with Crippen LogP contribution in [0, 0.1) is 5.92 Å². The molecule has 0 aromatic carbocycles. The van der Waals surface area contributed by atoms with Gasteiger partial charge in [0.2, 0.25) is 11.8 Å². The fraction of sp³-hybridized carbons (Fsp3) is 0.800. The quantitative estimate of drug-likeness (QED) is 0.685. The summed E-state index contributed by atoms with van der Waals surface area (Å²) in [6, 6.07) is -0.656. The Morgan fingerprint density at radius 2 is 1.82 bits per heavy atom. The monoisotopic (exact) mass is 314 g/mol. The lowest BCUT2D eigenvalue weighted by atomic mass is 10.0. The molecule has 1 fully saturated rings. The number of amides is 2. The van der Waals surface area contributed by atoms with Crippen LogP contribution in [0.15, 0.2) is 0 Å². The zero-order valence-corrected chi connectivity index (χ0v) is 13.6. The number of rotatable bonds is 7. The van der Waals surface area contributed by atoms with Crippen molar-refractivity contribution < 1.29 is 23.9 Å². The van der Waals surface area contributed by atoms with Gasteiger partial charge in [-0.3, -0.25) is 9.59 Å². The number of methoxy groups -OCH3 is 1. The van der Waals surface area contributed by atoms with Gasteiger partial charge in [0, 0.05) is 25.9 Å². The van der Waals surface area contributed by atoms with Gasteiger partial charge >= 0.3 is 5.97 Å². The maximum Gasteiger partial charge on any atom is 0.328 e. The third-order valence-corrected chi connectivity index (χ3v) is 3.46. The summed E-state index contributed by atoms with van der Waals surface area (Å²) in [5.41, 5.74) is 0. The molecule has 0 saturated carbocycles. The minimum absolute atomic E-state index is 0.0584. The molecule has 126 valence electrons. The second-order valence-electron chi connectivity index (χ2n) is 5.77. The maximum absolute atomic E-state index is 12.0. The third kappa shape index (κ3) is 6.43. The summed E-state index contributed by atoms with van der Waals surface area (Å²) in [7, 11) is 1.30. The lowest BCUT2D eigenvalue weighted by molar-refractivity contribution is -0.145. The summed E-state index contributed by atoms with van der Waals surface area (Å²) in [5.74, 6) is -0.574. The Morgan fingerprint density at radius 3 is 2.36 bits per heavy atom. The maximum atomic E-state index is 12.0. The van der Waals surface area contributed by atoms with E-state index >= 15 is 0 Å². The summed E-state index contributed by atoms with van der Waals surface area (Å²) in [6.07, 6.45) is 0.721. The van der Waals surface area contributed by atoms with Crippen molar-refractivity contribution in [1.29, 1.82) is 0 Å². The van der Waals surface area contributed by atoms with Crippen LogP contribution in [0.5, 0.6) is 0 Å². The van der Waals surface area contributed by atoms with Gasteiger partial charge in [-0.1, -0.05) is 13.8 Å². The Bertz CT molecular complexity index is 391. The molecule has 7 nitrogen and oxygen atoms in total. The zero-order valence-electron chi connectivity index (χ0n) is 13.6. The van der Waals surface area contributed by atoms with Gasteiger partial charge in [0.1, 0.15) is 6.04 Å². The highest BCUT2D eigenvalue weighted by Crippen LogP contribution is 2.07. The lowest BCUT2D eigenvalue weighted by Crippen LogP contribution is -2.43. The number of carbonyl (C=O) groups excluding carboxylic acids is 3. The van der Waals surface area contributed by atoms with Gasteiger partial charge in [-0.15, -0.1) is 0 Å². The number of nitrogens with zero attached hydrogens (tertiary/aromatic N) is 1. The van der Waals surface area contributed by atoms with Gasteiger partial charge in [-0.2, -0.15) is 0 Å². The average Bonchev–Trinajstić information content (AvgIpc) is 2.51. The minimum Gasteiger partial charge on any atom is -0.467 e. The van der Waals surface area contributed by atoms with Crippen molar-refractivity contribution >= 4 is 17.8 Å². The highest BCUT2D eigenvalue weighted by Gasteiger charge is 2.23. The number of morpholine rings is 1. The van der Waals surface area contributed by atoms with E-state index in [1.165, 1.54) is 7.11 Å². The van der Waals surface area contributed by atoms with E-state index in [9.17, 15) is 14.4 Å². The fourth-order valence-corrected chi connectivity index (χ4v) is 2.29. The van der Waals surface area contributed by atoms with Crippen LogP contribution < -0.4 is 5.32 Å². The normalized spacial score (nSPS) is 16.3. The smallest absolute Gasteiger partial charge is 0.328 e. The van der Waals surface area contributed by atoms with Crippen LogP contribution in [0.3, 0.4) is 0 Å². The molecule has 1 aliphatic rings. The number of hydrogen-bond donors (Lipinski definition) is 1. The van der Waals surface area contributed by atoms with Gasteiger partial charge < -0.3 is 19.7 Å². The Balaban J connectivity index is 2.39. The first-order chi connectivity index (χ1) is 10.4. The van der Waals surface area contributed by atoms with Gasteiger partial charge in [0.25, 0.3) is 0 Å². The van der Waals surface area contributed by atoms with Gasteiger partial charge in [-0.05, 0) is 12.3 Å². The number of carbonyl (C=O) groups is 3. The molecule has 7 heteroatoms. The molecule has 0 radical (unpaired) electrons. The van der Waals surface area contributed by atoms with Crippen LogP contribution >= 0.6 is 0 Å². The minimum atomic E-state index is -0.656. The highest BCUT2D eigenvalue weighted by atomic mass is 16.5. The zero-order chi connectivity index (χ0) is 16.5. The van der Waals surface area contributed by atoms with Crippen LogP contribution in [0.2, 0.25) is 0 Å². The van der Waals surface area contributed by atoms with Crippen LogP contribution in [-0.2, 0) is 23.9 Å². The standard InChI is InChI=1S/C15H26N2O5/c1-11(2)10-12(15(20)21-3)16-13(18)4-5-14(19)17-6-8-22-9-7-17/h11-12H,4-10H2,1-3H3,(H,16,18)/t12-/m1/s1. The molecule has 1 rings (SSSR count). The molecule has 2 amide bonds. The summed E-state index contributed by atoms with van der Waals surface area (Å²) in [4.78, 5) is 37.2. The SMILES string of the molecule is COC(=O)[C@@H](CC(C)C)NC(=O)CCC(=O)N1CCOCC1. The van der Waals surface area contributed by atoms with Crippen LogP contribution in [-0.4, -0.2) is 62.1 Å². The van der Waals surface area contributed by atoms with E-state index in [-0.39, 0.29) is 30.6 Å². The molecule has 22 heavy (non-hydrogen) atoms. The molecule has 1 heterocycles. The first kappa shape index (κ1) is 18.4. The van der Waals surface area contributed by atoms with Crippen molar-refractivity contribution in [2.45, 2.75) is 39.2 Å². The molecule has 0 aromatic rings. The first-order valence-corrected chi connectivity index (χ1v) is 7.66.